The summed E-state index contributed by atoms with van der Waals surface area (Å²) in [7, 11) is 0. The van der Waals surface area contributed by atoms with Crippen LogP contribution in [-0.4, -0.2) is 49.2 Å². The molecule has 0 radical (unpaired) electrons. The standard InChI is InChI=1S/C13H26N6O3/c1-8(2)11(14)12(22)18-6-10(21)19-9(7-20)4-3-5-17-13(15)16/h7-9,11H,3-6,14H2,1-2H3,(H,18,22)(H,19,21)(H4,15,16,17)/t9-,11-/m0/s1. The molecule has 9 heteroatoms. The van der Waals surface area contributed by atoms with Crippen LogP contribution in [0.4, 0.5) is 0 Å². The quantitative estimate of drug-likeness (QED) is 0.133. The van der Waals surface area contributed by atoms with Gasteiger partial charge in [-0.25, -0.2) is 0 Å². The molecule has 0 aliphatic heterocycles. The van der Waals surface area contributed by atoms with Crippen molar-refractivity contribution in [3.05, 3.63) is 0 Å². The smallest absolute Gasteiger partial charge is 0.239 e. The van der Waals surface area contributed by atoms with Crippen molar-refractivity contribution in [3.63, 3.8) is 0 Å². The molecule has 2 amide bonds. The van der Waals surface area contributed by atoms with Crippen molar-refractivity contribution in [2.24, 2.45) is 28.1 Å². The Morgan fingerprint density at radius 1 is 1.27 bits per heavy atom. The molecule has 0 aromatic rings. The maximum Gasteiger partial charge on any atom is 0.239 e. The van der Waals surface area contributed by atoms with E-state index in [0.29, 0.717) is 25.7 Å². The van der Waals surface area contributed by atoms with Crippen LogP contribution in [0, 0.1) is 5.92 Å². The lowest BCUT2D eigenvalue weighted by molar-refractivity contribution is -0.128. The zero-order chi connectivity index (χ0) is 17.1. The Balaban J connectivity index is 4.08. The third-order valence-corrected chi connectivity index (χ3v) is 2.92. The topological polar surface area (TPSA) is 166 Å². The predicted molar refractivity (Wildman–Crippen MR) is 83.7 cm³/mol. The molecule has 2 atom stereocenters. The number of aldehydes is 1. The Morgan fingerprint density at radius 2 is 1.91 bits per heavy atom. The Labute approximate surface area is 130 Å². The van der Waals surface area contributed by atoms with Crippen LogP contribution in [0.15, 0.2) is 4.99 Å². The summed E-state index contributed by atoms with van der Waals surface area (Å²) in [5.41, 5.74) is 16.0. The van der Waals surface area contributed by atoms with Crippen LogP contribution in [0.5, 0.6) is 0 Å². The van der Waals surface area contributed by atoms with Gasteiger partial charge in [-0.05, 0) is 18.8 Å². The summed E-state index contributed by atoms with van der Waals surface area (Å²) in [6, 6.07) is -1.31. The number of hydrogen-bond donors (Lipinski definition) is 5. The highest BCUT2D eigenvalue weighted by Gasteiger charge is 2.18. The van der Waals surface area contributed by atoms with Crippen molar-refractivity contribution >= 4 is 24.1 Å². The van der Waals surface area contributed by atoms with Gasteiger partial charge in [0.25, 0.3) is 0 Å². The van der Waals surface area contributed by atoms with Gasteiger partial charge >= 0.3 is 0 Å². The van der Waals surface area contributed by atoms with Gasteiger partial charge in [-0.15, -0.1) is 0 Å². The van der Waals surface area contributed by atoms with Crippen molar-refractivity contribution in [1.82, 2.24) is 10.6 Å². The van der Waals surface area contributed by atoms with Gasteiger partial charge in [0.15, 0.2) is 5.96 Å². The number of aliphatic imine (C=N–C) groups is 1. The van der Waals surface area contributed by atoms with Crippen molar-refractivity contribution < 1.29 is 14.4 Å². The molecule has 0 saturated heterocycles. The van der Waals surface area contributed by atoms with Crippen molar-refractivity contribution in [1.29, 1.82) is 0 Å². The SMILES string of the molecule is CC(C)[C@H](N)C(=O)NCC(=O)N[C@H](C=O)CCCN=C(N)N. The third-order valence-electron chi connectivity index (χ3n) is 2.92. The Hall–Kier alpha value is -2.16. The summed E-state index contributed by atoms with van der Waals surface area (Å²) in [6.07, 6.45) is 1.59. The van der Waals surface area contributed by atoms with Crippen LogP contribution >= 0.6 is 0 Å². The molecule has 0 aliphatic carbocycles. The lowest BCUT2D eigenvalue weighted by Crippen LogP contribution is -2.48. The number of amides is 2. The molecule has 0 heterocycles. The van der Waals surface area contributed by atoms with Gasteiger partial charge in [-0.3, -0.25) is 14.6 Å². The second-order valence-electron chi connectivity index (χ2n) is 5.25. The first kappa shape index (κ1) is 19.8. The molecule has 126 valence electrons. The Bertz CT molecular complexity index is 407. The minimum absolute atomic E-state index is 0.0177. The molecular weight excluding hydrogens is 288 g/mol. The number of nitrogens with two attached hydrogens (primary N) is 3. The summed E-state index contributed by atoms with van der Waals surface area (Å²) in [5.74, 6) is -0.902. The first-order chi connectivity index (χ1) is 10.3. The predicted octanol–water partition coefficient (Wildman–Crippen LogP) is -2.18. The lowest BCUT2D eigenvalue weighted by Gasteiger charge is -2.16. The zero-order valence-corrected chi connectivity index (χ0v) is 13.0. The number of carbonyl (C=O) groups is 3. The summed E-state index contributed by atoms with van der Waals surface area (Å²) < 4.78 is 0. The molecular formula is C13H26N6O3. The largest absolute Gasteiger partial charge is 0.370 e. The summed E-state index contributed by atoms with van der Waals surface area (Å²) in [4.78, 5) is 37.9. The van der Waals surface area contributed by atoms with E-state index in [-0.39, 0.29) is 18.4 Å². The van der Waals surface area contributed by atoms with Gasteiger partial charge in [0.1, 0.15) is 6.29 Å². The molecule has 0 aromatic carbocycles. The van der Waals surface area contributed by atoms with Crippen LogP contribution in [0.1, 0.15) is 26.7 Å². The van der Waals surface area contributed by atoms with Crippen molar-refractivity contribution in [2.45, 2.75) is 38.8 Å². The molecule has 0 spiro atoms. The van der Waals surface area contributed by atoms with E-state index >= 15 is 0 Å². The number of nitrogens with zero attached hydrogens (tertiary/aromatic N) is 1. The van der Waals surface area contributed by atoms with E-state index in [1.165, 1.54) is 0 Å². The summed E-state index contributed by atoms with van der Waals surface area (Å²) in [6.45, 7) is 3.77. The maximum absolute atomic E-state index is 11.7. The highest BCUT2D eigenvalue weighted by molar-refractivity contribution is 5.88. The summed E-state index contributed by atoms with van der Waals surface area (Å²) in [5, 5.41) is 4.93. The highest BCUT2D eigenvalue weighted by atomic mass is 16.2. The van der Waals surface area contributed by atoms with Crippen molar-refractivity contribution in [2.75, 3.05) is 13.1 Å². The van der Waals surface area contributed by atoms with E-state index in [1.807, 2.05) is 13.8 Å². The fourth-order valence-electron chi connectivity index (χ4n) is 1.54. The molecule has 0 fully saturated rings. The highest BCUT2D eigenvalue weighted by Crippen LogP contribution is 1.98. The number of carbonyl (C=O) groups excluding carboxylic acids is 3. The van der Waals surface area contributed by atoms with Crippen molar-refractivity contribution in [3.8, 4) is 0 Å². The molecule has 0 aliphatic rings. The van der Waals surface area contributed by atoms with Crippen LogP contribution in [0.2, 0.25) is 0 Å². The van der Waals surface area contributed by atoms with Gasteiger partial charge in [0.05, 0.1) is 18.6 Å². The molecule has 0 aromatic heterocycles. The number of rotatable bonds is 10. The molecule has 9 nitrogen and oxygen atoms in total. The molecule has 22 heavy (non-hydrogen) atoms. The van der Waals surface area contributed by atoms with E-state index < -0.39 is 23.9 Å². The van der Waals surface area contributed by atoms with E-state index in [4.69, 9.17) is 17.2 Å². The number of guanidine groups is 1. The average Bonchev–Trinajstić information content (AvgIpc) is 2.46. The van der Waals surface area contributed by atoms with Crippen LogP contribution in [-0.2, 0) is 14.4 Å². The maximum atomic E-state index is 11.7. The monoisotopic (exact) mass is 314 g/mol. The first-order valence-electron chi connectivity index (χ1n) is 7.11. The Kier molecular flexibility index (Phi) is 9.51. The Morgan fingerprint density at radius 3 is 2.41 bits per heavy atom. The second-order valence-corrected chi connectivity index (χ2v) is 5.25. The van der Waals surface area contributed by atoms with Gasteiger partial charge in [0, 0.05) is 6.54 Å². The van der Waals surface area contributed by atoms with E-state index in [9.17, 15) is 14.4 Å². The molecule has 0 rings (SSSR count). The molecule has 0 bridgehead atoms. The van der Waals surface area contributed by atoms with Gasteiger partial charge in [-0.1, -0.05) is 13.8 Å². The minimum Gasteiger partial charge on any atom is -0.370 e. The third kappa shape index (κ3) is 8.90. The molecule has 8 N–H and O–H groups in total. The van der Waals surface area contributed by atoms with E-state index in [1.54, 1.807) is 0 Å². The van der Waals surface area contributed by atoms with Gasteiger partial charge < -0.3 is 32.6 Å². The normalized spacial score (nSPS) is 13.1. The second kappa shape index (κ2) is 10.6. The number of hydrogen-bond acceptors (Lipinski definition) is 5. The average molecular weight is 314 g/mol. The molecule has 0 saturated carbocycles. The van der Waals surface area contributed by atoms with E-state index in [0.717, 1.165) is 0 Å². The van der Waals surface area contributed by atoms with Crippen LogP contribution in [0.3, 0.4) is 0 Å². The van der Waals surface area contributed by atoms with Gasteiger partial charge in [0.2, 0.25) is 11.8 Å². The first-order valence-corrected chi connectivity index (χ1v) is 7.11. The van der Waals surface area contributed by atoms with E-state index in [2.05, 4.69) is 15.6 Å². The molecule has 0 unspecified atom stereocenters. The summed E-state index contributed by atoms with van der Waals surface area (Å²) >= 11 is 0. The fraction of sp³-hybridized carbons (Fsp3) is 0.692. The van der Waals surface area contributed by atoms with Gasteiger partial charge in [-0.2, -0.15) is 0 Å². The number of nitrogens with one attached hydrogen (secondary N) is 2. The lowest BCUT2D eigenvalue weighted by atomic mass is 10.1. The zero-order valence-electron chi connectivity index (χ0n) is 13.0. The van der Waals surface area contributed by atoms with Crippen LogP contribution in [0.25, 0.3) is 0 Å². The van der Waals surface area contributed by atoms with Crippen LogP contribution < -0.4 is 27.8 Å². The minimum atomic E-state index is -0.672. The fourth-order valence-corrected chi connectivity index (χ4v) is 1.54.